The van der Waals surface area contributed by atoms with Gasteiger partial charge in [-0.15, -0.1) is 0 Å². The van der Waals surface area contributed by atoms with Crippen molar-refractivity contribution in [1.82, 2.24) is 10.1 Å². The van der Waals surface area contributed by atoms with Gasteiger partial charge in [-0.1, -0.05) is 25.9 Å². The lowest BCUT2D eigenvalue weighted by molar-refractivity contribution is -0.126. The molecule has 0 radical (unpaired) electrons. The van der Waals surface area contributed by atoms with Crippen molar-refractivity contribution in [2.45, 2.75) is 84.0 Å². The van der Waals surface area contributed by atoms with Crippen LogP contribution in [0.5, 0.6) is 0 Å². The molecule has 1 aliphatic heterocycles. The molecule has 1 fully saturated rings. The highest BCUT2D eigenvalue weighted by Gasteiger charge is 2.38. The molecule has 1 aliphatic rings. The highest BCUT2D eigenvalue weighted by molar-refractivity contribution is 5.89. The molecule has 0 saturated carbocycles. The number of nitrogens with zero attached hydrogens (tertiary/aromatic N) is 2. The van der Waals surface area contributed by atoms with Crippen LogP contribution in [0.15, 0.2) is 10.6 Å². The fraction of sp³-hybridized carbons (Fsp3) is 0.737. The number of amides is 1. The van der Waals surface area contributed by atoms with Crippen LogP contribution >= 0.6 is 0 Å². The Bertz CT molecular complexity index is 654. The van der Waals surface area contributed by atoms with E-state index in [0.29, 0.717) is 24.4 Å². The number of hydrogen-bond donors (Lipinski definition) is 1. The molecule has 0 aromatic carbocycles. The average Bonchev–Trinajstić information content (AvgIpc) is 2.93. The minimum atomic E-state index is -0.719. The van der Waals surface area contributed by atoms with E-state index in [9.17, 15) is 14.7 Å². The summed E-state index contributed by atoms with van der Waals surface area (Å²) in [5.74, 6) is 0.524. The molecule has 1 aromatic rings. The second-order valence-corrected chi connectivity index (χ2v) is 8.94. The van der Waals surface area contributed by atoms with Gasteiger partial charge in [0.2, 0.25) is 0 Å². The highest BCUT2D eigenvalue weighted by Crippen LogP contribution is 2.25. The monoisotopic (exact) mass is 366 g/mol. The van der Waals surface area contributed by atoms with E-state index in [0.717, 1.165) is 0 Å². The SMILES string of the molecule is CC(C)(C)OC(=O)N1CC[C@H](O)C[C@H]1C(=O)Cc1cc(C(C)(C)C)on1. The molecule has 0 spiro atoms. The Morgan fingerprint density at radius 2 is 1.96 bits per heavy atom. The lowest BCUT2D eigenvalue weighted by Gasteiger charge is -2.37. The number of aliphatic hydroxyl groups is 1. The Balaban J connectivity index is 2.12. The molecule has 1 N–H and O–H groups in total. The van der Waals surface area contributed by atoms with Crippen molar-refractivity contribution in [3.05, 3.63) is 17.5 Å². The van der Waals surface area contributed by atoms with Crippen LogP contribution < -0.4 is 0 Å². The van der Waals surface area contributed by atoms with Crippen molar-refractivity contribution in [1.29, 1.82) is 0 Å². The molecule has 26 heavy (non-hydrogen) atoms. The molecule has 7 heteroatoms. The van der Waals surface area contributed by atoms with E-state index in [-0.39, 0.29) is 24.0 Å². The number of piperidine rings is 1. The van der Waals surface area contributed by atoms with Crippen molar-refractivity contribution in [3.63, 3.8) is 0 Å². The fourth-order valence-electron chi connectivity index (χ4n) is 2.84. The zero-order chi connectivity index (χ0) is 19.7. The van der Waals surface area contributed by atoms with Gasteiger partial charge in [-0.25, -0.2) is 4.79 Å². The number of ether oxygens (including phenoxy) is 1. The van der Waals surface area contributed by atoms with Crippen LogP contribution in [-0.4, -0.2) is 51.3 Å². The maximum Gasteiger partial charge on any atom is 0.410 e. The van der Waals surface area contributed by atoms with Crippen molar-refractivity contribution in [3.8, 4) is 0 Å². The van der Waals surface area contributed by atoms with Gasteiger partial charge in [0, 0.05) is 24.4 Å². The van der Waals surface area contributed by atoms with E-state index in [1.54, 1.807) is 26.8 Å². The van der Waals surface area contributed by atoms with Gasteiger partial charge in [0.05, 0.1) is 24.3 Å². The molecule has 1 amide bonds. The van der Waals surface area contributed by atoms with Crippen LogP contribution in [0.3, 0.4) is 0 Å². The average molecular weight is 366 g/mol. The van der Waals surface area contributed by atoms with E-state index in [1.165, 1.54) is 4.90 Å². The van der Waals surface area contributed by atoms with Gasteiger partial charge >= 0.3 is 6.09 Å². The van der Waals surface area contributed by atoms with Crippen LogP contribution in [0, 0.1) is 0 Å². The van der Waals surface area contributed by atoms with Crippen molar-refractivity contribution in [2.75, 3.05) is 6.54 Å². The zero-order valence-corrected chi connectivity index (χ0v) is 16.5. The molecule has 2 rings (SSSR count). The summed E-state index contributed by atoms with van der Waals surface area (Å²) in [4.78, 5) is 26.7. The van der Waals surface area contributed by atoms with Crippen LogP contribution in [0.4, 0.5) is 4.79 Å². The second-order valence-electron chi connectivity index (χ2n) is 8.94. The number of hydrogen-bond acceptors (Lipinski definition) is 6. The van der Waals surface area contributed by atoms with E-state index in [1.807, 2.05) is 20.8 Å². The number of aromatic nitrogens is 1. The summed E-state index contributed by atoms with van der Waals surface area (Å²) in [6.07, 6.45) is -0.442. The quantitative estimate of drug-likeness (QED) is 0.884. The molecule has 2 heterocycles. The third-order valence-electron chi connectivity index (χ3n) is 4.23. The summed E-state index contributed by atoms with van der Waals surface area (Å²) >= 11 is 0. The first-order valence-electron chi connectivity index (χ1n) is 9.03. The fourth-order valence-corrected chi connectivity index (χ4v) is 2.84. The molecule has 2 atom stereocenters. The summed E-state index contributed by atoms with van der Waals surface area (Å²) in [6, 6.07) is 1.05. The molecular weight excluding hydrogens is 336 g/mol. The van der Waals surface area contributed by atoms with Crippen LogP contribution in [0.1, 0.15) is 65.8 Å². The summed E-state index contributed by atoms with van der Waals surface area (Å²) in [7, 11) is 0. The largest absolute Gasteiger partial charge is 0.444 e. The number of ketones is 1. The van der Waals surface area contributed by atoms with E-state index in [2.05, 4.69) is 5.16 Å². The first kappa shape index (κ1) is 20.4. The first-order chi connectivity index (χ1) is 11.9. The number of carbonyl (C=O) groups excluding carboxylic acids is 2. The lowest BCUT2D eigenvalue weighted by Crippen LogP contribution is -2.53. The maximum atomic E-state index is 12.8. The predicted molar refractivity (Wildman–Crippen MR) is 95.9 cm³/mol. The highest BCUT2D eigenvalue weighted by atomic mass is 16.6. The van der Waals surface area contributed by atoms with E-state index < -0.39 is 23.8 Å². The molecule has 1 aromatic heterocycles. The molecule has 7 nitrogen and oxygen atoms in total. The molecule has 146 valence electrons. The minimum absolute atomic E-state index is 0.0518. The number of rotatable bonds is 3. The standard InChI is InChI=1S/C19H30N2O5/c1-18(2,3)16-10-12(20-26-16)9-15(23)14-11-13(22)7-8-21(14)17(24)25-19(4,5)6/h10,13-14,22H,7-9,11H2,1-6H3/t13-,14-/m0/s1. The molecule has 1 saturated heterocycles. The van der Waals surface area contributed by atoms with Gasteiger partial charge in [0.25, 0.3) is 0 Å². The minimum Gasteiger partial charge on any atom is -0.444 e. The van der Waals surface area contributed by atoms with E-state index in [4.69, 9.17) is 9.26 Å². The third-order valence-corrected chi connectivity index (χ3v) is 4.23. The van der Waals surface area contributed by atoms with Crippen LogP contribution in [-0.2, 0) is 21.4 Å². The predicted octanol–water partition coefficient (Wildman–Crippen LogP) is 2.84. The Morgan fingerprint density at radius 3 is 2.50 bits per heavy atom. The Hall–Kier alpha value is -1.89. The number of carbonyl (C=O) groups is 2. The lowest BCUT2D eigenvalue weighted by atomic mass is 9.92. The number of Topliss-reactive ketones (excluding diaryl/α,β-unsaturated/α-hetero) is 1. The smallest absolute Gasteiger partial charge is 0.410 e. The first-order valence-corrected chi connectivity index (χ1v) is 9.03. The molecule has 0 aliphatic carbocycles. The van der Waals surface area contributed by atoms with Gasteiger partial charge in [-0.2, -0.15) is 0 Å². The van der Waals surface area contributed by atoms with Crippen molar-refractivity contribution < 1.29 is 24.0 Å². The third kappa shape index (κ3) is 5.30. The summed E-state index contributed by atoms with van der Waals surface area (Å²) in [5, 5.41) is 13.9. The normalized spacial score (nSPS) is 21.6. The molecular formula is C19H30N2O5. The second kappa shape index (κ2) is 7.39. The Morgan fingerprint density at radius 1 is 1.31 bits per heavy atom. The van der Waals surface area contributed by atoms with Crippen LogP contribution in [0.25, 0.3) is 0 Å². The Labute approximate surface area is 154 Å². The van der Waals surface area contributed by atoms with Gasteiger partial charge < -0.3 is 14.4 Å². The van der Waals surface area contributed by atoms with E-state index >= 15 is 0 Å². The van der Waals surface area contributed by atoms with Gasteiger partial charge in [-0.05, 0) is 27.2 Å². The van der Waals surface area contributed by atoms with Gasteiger partial charge in [0.1, 0.15) is 11.4 Å². The topological polar surface area (TPSA) is 92.9 Å². The van der Waals surface area contributed by atoms with Crippen LogP contribution in [0.2, 0.25) is 0 Å². The van der Waals surface area contributed by atoms with Gasteiger partial charge in [0.15, 0.2) is 5.78 Å². The molecule has 0 unspecified atom stereocenters. The number of aliphatic hydroxyl groups excluding tert-OH is 1. The summed E-state index contributed by atoms with van der Waals surface area (Å²) in [5.41, 5.74) is -0.309. The van der Waals surface area contributed by atoms with Crippen molar-refractivity contribution in [2.24, 2.45) is 0 Å². The Kier molecular flexibility index (Phi) is 5.80. The molecule has 0 bridgehead atoms. The van der Waals surface area contributed by atoms with Gasteiger partial charge in [-0.3, -0.25) is 9.69 Å². The summed E-state index contributed by atoms with van der Waals surface area (Å²) < 4.78 is 10.7. The summed E-state index contributed by atoms with van der Waals surface area (Å²) in [6.45, 7) is 11.6. The number of likely N-dealkylation sites (tertiary alicyclic amines) is 1. The maximum absolute atomic E-state index is 12.8. The zero-order valence-electron chi connectivity index (χ0n) is 16.5. The van der Waals surface area contributed by atoms with Crippen molar-refractivity contribution >= 4 is 11.9 Å².